The van der Waals surface area contributed by atoms with Gasteiger partial charge in [-0.3, -0.25) is 9.69 Å². The molecule has 2 heterocycles. The molecule has 1 unspecified atom stereocenters. The Kier molecular flexibility index (Phi) is 6.67. The van der Waals surface area contributed by atoms with Gasteiger partial charge >= 0.3 is 0 Å². The van der Waals surface area contributed by atoms with E-state index in [1.165, 1.54) is 0 Å². The molecular formula is C16H26N2O2S. The van der Waals surface area contributed by atoms with Crippen molar-refractivity contribution in [3.63, 3.8) is 0 Å². The maximum atomic E-state index is 12.1. The Morgan fingerprint density at radius 3 is 2.67 bits per heavy atom. The second-order valence-corrected chi connectivity index (χ2v) is 6.29. The molecule has 1 aromatic heterocycles. The molecule has 4 nitrogen and oxygen atoms in total. The third-order valence-corrected chi connectivity index (χ3v) is 5.05. The average molecular weight is 310 g/mol. The molecule has 118 valence electrons. The Bertz CT molecular complexity index is 412. The van der Waals surface area contributed by atoms with E-state index >= 15 is 0 Å². The SMILES string of the molecule is CCC(CC)C(CNC(=O)c1ccsc1)N1CCOCC1. The largest absolute Gasteiger partial charge is 0.379 e. The van der Waals surface area contributed by atoms with Crippen LogP contribution >= 0.6 is 11.3 Å². The van der Waals surface area contributed by atoms with E-state index in [0.29, 0.717) is 12.0 Å². The zero-order chi connectivity index (χ0) is 15.1. The van der Waals surface area contributed by atoms with Crippen LogP contribution in [0.15, 0.2) is 16.8 Å². The summed E-state index contributed by atoms with van der Waals surface area (Å²) in [6.07, 6.45) is 2.29. The average Bonchev–Trinajstić information content (AvgIpc) is 3.06. The molecule has 1 fully saturated rings. The van der Waals surface area contributed by atoms with Crippen LogP contribution in [-0.2, 0) is 4.74 Å². The van der Waals surface area contributed by atoms with Crippen LogP contribution in [0, 0.1) is 5.92 Å². The highest BCUT2D eigenvalue weighted by atomic mass is 32.1. The first-order valence-electron chi connectivity index (χ1n) is 7.88. The van der Waals surface area contributed by atoms with E-state index in [-0.39, 0.29) is 5.91 Å². The number of morpholine rings is 1. The number of thiophene rings is 1. The zero-order valence-electron chi connectivity index (χ0n) is 13.0. The molecule has 0 spiro atoms. The molecule has 1 saturated heterocycles. The van der Waals surface area contributed by atoms with E-state index in [1.54, 1.807) is 11.3 Å². The number of hydrogen-bond donors (Lipinski definition) is 1. The maximum Gasteiger partial charge on any atom is 0.252 e. The van der Waals surface area contributed by atoms with Crippen LogP contribution in [0.5, 0.6) is 0 Å². The lowest BCUT2D eigenvalue weighted by atomic mass is 9.92. The van der Waals surface area contributed by atoms with Gasteiger partial charge in [-0.2, -0.15) is 11.3 Å². The van der Waals surface area contributed by atoms with Crippen LogP contribution in [0.2, 0.25) is 0 Å². The Morgan fingerprint density at radius 2 is 2.10 bits per heavy atom. The van der Waals surface area contributed by atoms with Gasteiger partial charge in [0.05, 0.1) is 13.2 Å². The van der Waals surface area contributed by atoms with Crippen molar-refractivity contribution < 1.29 is 9.53 Å². The quantitative estimate of drug-likeness (QED) is 0.842. The lowest BCUT2D eigenvalue weighted by Gasteiger charge is -2.38. The standard InChI is InChI=1S/C16H26N2O2S/c1-3-13(4-2)15(18-6-8-20-9-7-18)11-17-16(19)14-5-10-21-12-14/h5,10,12-13,15H,3-4,6-9,11H2,1-2H3,(H,17,19). The molecule has 1 aliphatic rings. The van der Waals surface area contributed by atoms with Gasteiger partial charge in [-0.1, -0.05) is 26.7 Å². The summed E-state index contributed by atoms with van der Waals surface area (Å²) in [5.74, 6) is 0.659. The molecule has 1 N–H and O–H groups in total. The minimum absolute atomic E-state index is 0.0421. The van der Waals surface area contributed by atoms with Gasteiger partial charge in [-0.25, -0.2) is 0 Å². The van der Waals surface area contributed by atoms with Crippen LogP contribution in [-0.4, -0.2) is 49.7 Å². The van der Waals surface area contributed by atoms with Crippen molar-refractivity contribution in [2.75, 3.05) is 32.8 Å². The van der Waals surface area contributed by atoms with Gasteiger partial charge in [0.15, 0.2) is 0 Å². The molecule has 0 aromatic carbocycles. The fourth-order valence-corrected chi connectivity index (χ4v) is 3.66. The van der Waals surface area contributed by atoms with Crippen LogP contribution < -0.4 is 5.32 Å². The minimum atomic E-state index is 0.0421. The van der Waals surface area contributed by atoms with E-state index in [2.05, 4.69) is 24.1 Å². The van der Waals surface area contributed by atoms with E-state index in [1.807, 2.05) is 16.8 Å². The molecule has 0 bridgehead atoms. The Balaban J connectivity index is 1.96. The highest BCUT2D eigenvalue weighted by Crippen LogP contribution is 2.19. The van der Waals surface area contributed by atoms with Crippen molar-refractivity contribution in [1.29, 1.82) is 0 Å². The first-order valence-corrected chi connectivity index (χ1v) is 8.82. The molecule has 0 aliphatic carbocycles. The number of rotatable bonds is 7. The normalized spacial score (nSPS) is 17.9. The van der Waals surface area contributed by atoms with Crippen molar-refractivity contribution in [1.82, 2.24) is 10.2 Å². The molecule has 1 amide bonds. The van der Waals surface area contributed by atoms with Crippen LogP contribution in [0.25, 0.3) is 0 Å². The first-order chi connectivity index (χ1) is 10.3. The minimum Gasteiger partial charge on any atom is -0.379 e. The topological polar surface area (TPSA) is 41.6 Å². The van der Waals surface area contributed by atoms with Gasteiger partial charge in [0.25, 0.3) is 5.91 Å². The number of ether oxygens (including phenoxy) is 1. The highest BCUT2D eigenvalue weighted by molar-refractivity contribution is 7.08. The van der Waals surface area contributed by atoms with Gasteiger partial charge in [0.2, 0.25) is 0 Å². The van der Waals surface area contributed by atoms with Gasteiger partial charge in [0, 0.05) is 36.6 Å². The summed E-state index contributed by atoms with van der Waals surface area (Å²) in [6, 6.07) is 2.28. The second-order valence-electron chi connectivity index (χ2n) is 5.51. The number of carbonyl (C=O) groups excluding carboxylic acids is 1. The summed E-state index contributed by atoms with van der Waals surface area (Å²) >= 11 is 1.56. The van der Waals surface area contributed by atoms with Gasteiger partial charge in [-0.05, 0) is 17.4 Å². The van der Waals surface area contributed by atoms with Gasteiger partial charge in [-0.15, -0.1) is 0 Å². The lowest BCUT2D eigenvalue weighted by Crippen LogP contribution is -2.52. The summed E-state index contributed by atoms with van der Waals surface area (Å²) in [5.41, 5.74) is 0.769. The van der Waals surface area contributed by atoms with Crippen LogP contribution in [0.1, 0.15) is 37.0 Å². The van der Waals surface area contributed by atoms with Crippen molar-refractivity contribution in [2.24, 2.45) is 5.92 Å². The Labute approximate surface area is 131 Å². The molecule has 1 aliphatic heterocycles. The maximum absolute atomic E-state index is 12.1. The summed E-state index contributed by atoms with van der Waals surface area (Å²) in [6.45, 7) is 8.74. The zero-order valence-corrected chi connectivity index (χ0v) is 13.8. The third kappa shape index (κ3) is 4.53. The highest BCUT2D eigenvalue weighted by Gasteiger charge is 2.27. The summed E-state index contributed by atoms with van der Waals surface area (Å²) in [7, 11) is 0. The van der Waals surface area contributed by atoms with Crippen molar-refractivity contribution >= 4 is 17.2 Å². The molecule has 0 radical (unpaired) electrons. The fourth-order valence-electron chi connectivity index (χ4n) is 3.03. The smallest absolute Gasteiger partial charge is 0.252 e. The molecule has 1 aromatic rings. The third-order valence-electron chi connectivity index (χ3n) is 4.36. The van der Waals surface area contributed by atoms with Crippen molar-refractivity contribution in [2.45, 2.75) is 32.7 Å². The first kappa shape index (κ1) is 16.5. The Morgan fingerprint density at radius 1 is 1.38 bits per heavy atom. The molecule has 21 heavy (non-hydrogen) atoms. The summed E-state index contributed by atoms with van der Waals surface area (Å²) in [5, 5.41) is 6.96. The number of nitrogens with one attached hydrogen (secondary N) is 1. The van der Waals surface area contributed by atoms with Crippen LogP contribution in [0.3, 0.4) is 0 Å². The number of carbonyl (C=O) groups is 1. The number of amides is 1. The molecular weight excluding hydrogens is 284 g/mol. The van der Waals surface area contributed by atoms with Crippen molar-refractivity contribution in [3.8, 4) is 0 Å². The van der Waals surface area contributed by atoms with E-state index in [0.717, 1.165) is 51.3 Å². The molecule has 0 saturated carbocycles. The van der Waals surface area contributed by atoms with Gasteiger partial charge < -0.3 is 10.1 Å². The van der Waals surface area contributed by atoms with E-state index < -0.39 is 0 Å². The monoisotopic (exact) mass is 310 g/mol. The van der Waals surface area contributed by atoms with Crippen molar-refractivity contribution in [3.05, 3.63) is 22.4 Å². The number of hydrogen-bond acceptors (Lipinski definition) is 4. The Hall–Kier alpha value is -0.910. The summed E-state index contributed by atoms with van der Waals surface area (Å²) < 4.78 is 5.45. The number of nitrogens with zero attached hydrogens (tertiary/aromatic N) is 1. The lowest BCUT2D eigenvalue weighted by molar-refractivity contribution is 0.00191. The van der Waals surface area contributed by atoms with E-state index in [9.17, 15) is 4.79 Å². The van der Waals surface area contributed by atoms with E-state index in [4.69, 9.17) is 4.74 Å². The fraction of sp³-hybridized carbons (Fsp3) is 0.688. The predicted molar refractivity (Wildman–Crippen MR) is 86.9 cm³/mol. The van der Waals surface area contributed by atoms with Gasteiger partial charge in [0.1, 0.15) is 0 Å². The molecule has 2 rings (SSSR count). The van der Waals surface area contributed by atoms with Crippen LogP contribution in [0.4, 0.5) is 0 Å². The molecule has 5 heteroatoms. The summed E-state index contributed by atoms with van der Waals surface area (Å²) in [4.78, 5) is 14.6. The predicted octanol–water partition coefficient (Wildman–Crippen LogP) is 2.61. The second kappa shape index (κ2) is 8.51. The molecule has 1 atom stereocenters.